The van der Waals surface area contributed by atoms with Crippen molar-refractivity contribution in [2.75, 3.05) is 32.7 Å². The van der Waals surface area contributed by atoms with Crippen LogP contribution in [-0.4, -0.2) is 43.4 Å². The zero-order valence-electron chi connectivity index (χ0n) is 14.6. The monoisotopic (exact) mass is 332 g/mol. The number of anilines is 1. The molecule has 0 atom stereocenters. The average molecular weight is 332 g/mol. The number of hydrogen-bond acceptors (Lipinski definition) is 4. The van der Waals surface area contributed by atoms with Crippen LogP contribution in [0.3, 0.4) is 0 Å². The minimum atomic E-state index is -0.162. The number of nitrogens with one attached hydrogen (secondary N) is 1. The molecule has 2 aromatic rings. The van der Waals surface area contributed by atoms with Crippen LogP contribution in [0.25, 0.3) is 0 Å². The number of nitrogens with zero attached hydrogens (tertiary/aromatic N) is 3. The van der Waals surface area contributed by atoms with Crippen LogP contribution in [0, 0.1) is 6.92 Å². The molecule has 0 saturated heterocycles. The molecule has 2 amide bonds. The number of urea groups is 1. The largest absolute Gasteiger partial charge is 0.493 e. The Bertz CT molecular complexity index is 684. The van der Waals surface area contributed by atoms with Crippen molar-refractivity contribution in [3.05, 3.63) is 36.4 Å². The van der Waals surface area contributed by atoms with Crippen molar-refractivity contribution >= 4 is 11.7 Å². The molecular weight excluding hydrogens is 308 g/mol. The Labute approximate surface area is 142 Å². The second kappa shape index (κ2) is 8.24. The molecule has 7 nitrogen and oxygen atoms in total. The van der Waals surface area contributed by atoms with Crippen molar-refractivity contribution in [2.24, 2.45) is 0 Å². The van der Waals surface area contributed by atoms with Gasteiger partial charge in [-0.3, -0.25) is 4.90 Å². The number of imidazole rings is 1. The number of methoxy groups -OCH3 is 2. The van der Waals surface area contributed by atoms with Crippen LogP contribution >= 0.6 is 0 Å². The number of amides is 2. The quantitative estimate of drug-likeness (QED) is 0.791. The number of hydrogen-bond donors (Lipinski definition) is 1. The third-order valence-corrected chi connectivity index (χ3v) is 3.83. The Morgan fingerprint density at radius 2 is 2.04 bits per heavy atom. The highest BCUT2D eigenvalue weighted by Gasteiger charge is 2.13. The highest BCUT2D eigenvalue weighted by atomic mass is 16.5. The van der Waals surface area contributed by atoms with E-state index >= 15 is 0 Å². The van der Waals surface area contributed by atoms with Crippen LogP contribution in [0.15, 0.2) is 30.7 Å². The zero-order valence-corrected chi connectivity index (χ0v) is 14.6. The lowest BCUT2D eigenvalue weighted by molar-refractivity contribution is 0.247. The molecule has 0 unspecified atom stereocenters. The van der Waals surface area contributed by atoms with Gasteiger partial charge in [0.25, 0.3) is 0 Å². The van der Waals surface area contributed by atoms with Gasteiger partial charge in [0.05, 0.1) is 20.5 Å². The highest BCUT2D eigenvalue weighted by molar-refractivity contribution is 5.91. The smallest absolute Gasteiger partial charge is 0.321 e. The third kappa shape index (κ3) is 4.18. The summed E-state index contributed by atoms with van der Waals surface area (Å²) in [4.78, 5) is 17.9. The second-order valence-corrected chi connectivity index (χ2v) is 5.41. The van der Waals surface area contributed by atoms with Crippen molar-refractivity contribution < 1.29 is 14.3 Å². The third-order valence-electron chi connectivity index (χ3n) is 3.83. The summed E-state index contributed by atoms with van der Waals surface area (Å²) < 4.78 is 12.5. The van der Waals surface area contributed by atoms with E-state index in [9.17, 15) is 4.79 Å². The number of benzene rings is 1. The number of aryl methyl sites for hydroxylation is 2. The van der Waals surface area contributed by atoms with Crippen molar-refractivity contribution in [2.45, 2.75) is 19.9 Å². The van der Waals surface area contributed by atoms with Gasteiger partial charge in [-0.25, -0.2) is 9.78 Å². The Balaban J connectivity index is 1.86. The first kappa shape index (κ1) is 17.7. The highest BCUT2D eigenvalue weighted by Crippen LogP contribution is 2.31. The van der Waals surface area contributed by atoms with Gasteiger partial charge in [-0.15, -0.1) is 0 Å². The summed E-state index contributed by atoms with van der Waals surface area (Å²) in [5, 5.41) is 2.91. The van der Waals surface area contributed by atoms with Gasteiger partial charge < -0.3 is 19.4 Å². The summed E-state index contributed by atoms with van der Waals surface area (Å²) in [6.07, 6.45) is 4.46. The van der Waals surface area contributed by atoms with Gasteiger partial charge in [-0.1, -0.05) is 0 Å². The van der Waals surface area contributed by atoms with Crippen LogP contribution in [0.2, 0.25) is 0 Å². The van der Waals surface area contributed by atoms with Crippen molar-refractivity contribution in [3.8, 4) is 11.5 Å². The van der Waals surface area contributed by atoms with Gasteiger partial charge >= 0.3 is 6.03 Å². The topological polar surface area (TPSA) is 68.6 Å². The lowest BCUT2D eigenvalue weighted by Gasteiger charge is -2.19. The summed E-state index contributed by atoms with van der Waals surface area (Å²) in [6.45, 7) is 3.43. The Hall–Kier alpha value is -2.70. The predicted molar refractivity (Wildman–Crippen MR) is 92.9 cm³/mol. The minimum Gasteiger partial charge on any atom is -0.493 e. The van der Waals surface area contributed by atoms with E-state index in [4.69, 9.17) is 9.47 Å². The van der Waals surface area contributed by atoms with E-state index in [1.54, 1.807) is 44.6 Å². The zero-order chi connectivity index (χ0) is 17.5. The van der Waals surface area contributed by atoms with Gasteiger partial charge in [-0.2, -0.15) is 0 Å². The van der Waals surface area contributed by atoms with Crippen molar-refractivity contribution in [3.63, 3.8) is 0 Å². The Morgan fingerprint density at radius 1 is 1.29 bits per heavy atom. The fourth-order valence-electron chi connectivity index (χ4n) is 2.34. The molecule has 1 aromatic carbocycles. The fraction of sp³-hybridized carbons (Fsp3) is 0.412. The molecular formula is C17H24N4O3. The van der Waals surface area contributed by atoms with E-state index in [0.717, 1.165) is 24.3 Å². The molecule has 130 valence electrons. The molecule has 1 aromatic heterocycles. The maximum absolute atomic E-state index is 12.2. The molecule has 0 aliphatic heterocycles. The maximum Gasteiger partial charge on any atom is 0.321 e. The molecule has 0 bridgehead atoms. The van der Waals surface area contributed by atoms with E-state index in [1.165, 1.54) is 0 Å². The molecule has 1 N–H and O–H groups in total. The lowest BCUT2D eigenvalue weighted by Crippen LogP contribution is -2.38. The maximum atomic E-state index is 12.2. The number of rotatable bonds is 7. The molecule has 2 rings (SSSR count). The second-order valence-electron chi connectivity index (χ2n) is 5.41. The SMILES string of the molecule is COc1ccc(N(C)C(=O)NCCCn2cncc2C)cc1OC. The molecule has 24 heavy (non-hydrogen) atoms. The molecule has 0 spiro atoms. The number of ether oxygens (including phenoxy) is 2. The van der Waals surface area contributed by atoms with Crippen LogP contribution in [-0.2, 0) is 6.54 Å². The van der Waals surface area contributed by atoms with Gasteiger partial charge in [0.2, 0.25) is 0 Å². The molecule has 1 heterocycles. The molecule has 0 radical (unpaired) electrons. The number of carbonyl (C=O) groups excluding carboxylic acids is 1. The fourth-order valence-corrected chi connectivity index (χ4v) is 2.34. The molecule has 7 heteroatoms. The van der Waals surface area contributed by atoms with Crippen LogP contribution < -0.4 is 19.7 Å². The lowest BCUT2D eigenvalue weighted by atomic mass is 10.2. The summed E-state index contributed by atoms with van der Waals surface area (Å²) in [6, 6.07) is 5.20. The van der Waals surface area contributed by atoms with Crippen LogP contribution in [0.5, 0.6) is 11.5 Å². The van der Waals surface area contributed by atoms with Gasteiger partial charge in [0.15, 0.2) is 11.5 Å². The van der Waals surface area contributed by atoms with E-state index in [-0.39, 0.29) is 6.03 Å². The molecule has 0 aliphatic rings. The first-order valence-electron chi connectivity index (χ1n) is 7.77. The van der Waals surface area contributed by atoms with Crippen LogP contribution in [0.4, 0.5) is 10.5 Å². The molecule has 0 aliphatic carbocycles. The molecule has 0 saturated carbocycles. The average Bonchev–Trinajstić information content (AvgIpc) is 3.02. The summed E-state index contributed by atoms with van der Waals surface area (Å²) >= 11 is 0. The van der Waals surface area contributed by atoms with Gasteiger partial charge in [-0.05, 0) is 25.5 Å². The summed E-state index contributed by atoms with van der Waals surface area (Å²) in [7, 11) is 4.87. The Kier molecular flexibility index (Phi) is 6.06. The standard InChI is InChI=1S/C17H24N4O3/c1-13-11-18-12-21(13)9-5-8-19-17(22)20(2)14-6-7-15(23-3)16(10-14)24-4/h6-7,10-12H,5,8-9H2,1-4H3,(H,19,22). The first-order valence-corrected chi connectivity index (χ1v) is 7.77. The van der Waals surface area contributed by atoms with Crippen molar-refractivity contribution in [1.82, 2.24) is 14.9 Å². The van der Waals surface area contributed by atoms with E-state index < -0.39 is 0 Å². The van der Waals surface area contributed by atoms with E-state index in [2.05, 4.69) is 14.9 Å². The van der Waals surface area contributed by atoms with E-state index in [1.807, 2.05) is 19.2 Å². The van der Waals surface area contributed by atoms with Crippen molar-refractivity contribution in [1.29, 1.82) is 0 Å². The van der Waals surface area contributed by atoms with Gasteiger partial charge in [0, 0.05) is 43.8 Å². The molecule has 0 fully saturated rings. The minimum absolute atomic E-state index is 0.162. The number of carbonyl (C=O) groups is 1. The first-order chi connectivity index (χ1) is 11.6. The summed E-state index contributed by atoms with van der Waals surface area (Å²) in [5.74, 6) is 1.22. The van der Waals surface area contributed by atoms with Crippen LogP contribution in [0.1, 0.15) is 12.1 Å². The number of aromatic nitrogens is 2. The normalized spacial score (nSPS) is 10.3. The Morgan fingerprint density at radius 3 is 2.67 bits per heavy atom. The van der Waals surface area contributed by atoms with E-state index in [0.29, 0.717) is 18.0 Å². The summed E-state index contributed by atoms with van der Waals surface area (Å²) in [5.41, 5.74) is 1.85. The van der Waals surface area contributed by atoms with Gasteiger partial charge in [0.1, 0.15) is 0 Å². The predicted octanol–water partition coefficient (Wildman–Crippen LogP) is 2.44.